The van der Waals surface area contributed by atoms with Crippen LogP contribution in [0.15, 0.2) is 36.5 Å². The highest BCUT2D eigenvalue weighted by molar-refractivity contribution is 6.31. The Labute approximate surface area is 70.8 Å². The molecule has 0 aromatic carbocycles. The Hall–Kier alpha value is -0.200. The number of hydrogen-bond acceptors (Lipinski definition) is 0. The van der Waals surface area contributed by atoms with Crippen molar-refractivity contribution in [1.29, 1.82) is 0 Å². The lowest BCUT2D eigenvalue weighted by atomic mass is 10.2. The quantitative estimate of drug-likeness (QED) is 0.496. The van der Waals surface area contributed by atoms with Gasteiger partial charge in [-0.05, 0) is 0 Å². The molecule has 0 aromatic rings. The summed E-state index contributed by atoms with van der Waals surface area (Å²) in [6, 6.07) is 0. The summed E-state index contributed by atoms with van der Waals surface area (Å²) in [6.45, 7) is 0. The van der Waals surface area contributed by atoms with Crippen LogP contribution >= 0.6 is 23.2 Å². The fraction of sp³-hybridized carbons (Fsp3) is 0.250. The second-order valence-electron chi connectivity index (χ2n) is 2.04. The maximum absolute atomic E-state index is 5.84. The highest BCUT2D eigenvalue weighted by Gasteiger charge is 2.09. The highest BCUT2D eigenvalue weighted by atomic mass is 35.5. The Morgan fingerprint density at radius 1 is 0.700 bits per heavy atom. The lowest BCUT2D eigenvalue weighted by molar-refractivity contribution is 1.06. The molecule has 10 heavy (non-hydrogen) atoms. The monoisotopic (exact) mass is 174 g/mol. The Morgan fingerprint density at radius 2 is 1.10 bits per heavy atom. The van der Waals surface area contributed by atoms with Gasteiger partial charge in [-0.2, -0.15) is 0 Å². The Morgan fingerprint density at radius 3 is 1.50 bits per heavy atom. The Bertz CT molecular complexity index is 160. The van der Waals surface area contributed by atoms with Crippen molar-refractivity contribution in [2.24, 2.45) is 0 Å². The van der Waals surface area contributed by atoms with E-state index in [9.17, 15) is 0 Å². The standard InChI is InChI=1S/C8H8Cl2/c9-7-5-3-1-2-4-6-8(7)10/h1-8H/b2-1-,5-3-,6-4?/t7-,8+/m1/s1. The minimum absolute atomic E-state index is 0.0946. The van der Waals surface area contributed by atoms with E-state index in [1.54, 1.807) is 0 Å². The van der Waals surface area contributed by atoms with Crippen molar-refractivity contribution in [3.05, 3.63) is 36.5 Å². The van der Waals surface area contributed by atoms with Gasteiger partial charge in [-0.1, -0.05) is 36.5 Å². The van der Waals surface area contributed by atoms with Crippen molar-refractivity contribution in [2.45, 2.75) is 10.8 Å². The molecule has 1 aliphatic carbocycles. The van der Waals surface area contributed by atoms with Gasteiger partial charge in [0.15, 0.2) is 0 Å². The van der Waals surface area contributed by atoms with E-state index < -0.39 is 0 Å². The zero-order chi connectivity index (χ0) is 7.40. The molecule has 0 radical (unpaired) electrons. The predicted octanol–water partition coefficient (Wildman–Crippen LogP) is 2.88. The smallest absolute Gasteiger partial charge is 0.0718 e. The molecule has 0 amide bonds. The van der Waals surface area contributed by atoms with Crippen LogP contribution < -0.4 is 0 Å². The molecular weight excluding hydrogens is 167 g/mol. The average molecular weight is 175 g/mol. The second-order valence-corrected chi connectivity index (χ2v) is 3.05. The molecule has 0 aliphatic heterocycles. The summed E-state index contributed by atoms with van der Waals surface area (Å²) in [4.78, 5) is 0. The molecule has 0 bridgehead atoms. The fourth-order valence-electron chi connectivity index (χ4n) is 0.681. The highest BCUT2D eigenvalue weighted by Crippen LogP contribution is 2.14. The zero-order valence-electron chi connectivity index (χ0n) is 5.37. The summed E-state index contributed by atoms with van der Waals surface area (Å²) >= 11 is 11.7. The first kappa shape index (κ1) is 7.90. The van der Waals surface area contributed by atoms with Crippen molar-refractivity contribution in [3.8, 4) is 0 Å². The molecule has 0 N–H and O–H groups in total. The molecular formula is C8H8Cl2. The summed E-state index contributed by atoms with van der Waals surface area (Å²) in [7, 11) is 0. The van der Waals surface area contributed by atoms with Gasteiger partial charge < -0.3 is 0 Å². The number of allylic oxidation sites excluding steroid dienone is 6. The molecule has 0 nitrogen and oxygen atoms in total. The van der Waals surface area contributed by atoms with Crippen LogP contribution in [0.3, 0.4) is 0 Å². The van der Waals surface area contributed by atoms with Crippen LogP contribution in [-0.2, 0) is 0 Å². The van der Waals surface area contributed by atoms with E-state index in [2.05, 4.69) is 0 Å². The molecule has 0 fully saturated rings. The van der Waals surface area contributed by atoms with Crippen molar-refractivity contribution >= 4 is 23.2 Å². The van der Waals surface area contributed by atoms with Gasteiger partial charge in [0.05, 0.1) is 10.8 Å². The molecule has 0 saturated carbocycles. The number of halogens is 2. The SMILES string of the molecule is Cl[C@@H]1/C=C\C=C/C=C[C@@H]1Cl. The summed E-state index contributed by atoms with van der Waals surface area (Å²) in [5.41, 5.74) is 0. The van der Waals surface area contributed by atoms with Crippen molar-refractivity contribution < 1.29 is 0 Å². The van der Waals surface area contributed by atoms with Gasteiger partial charge in [0, 0.05) is 0 Å². The molecule has 2 heteroatoms. The predicted molar refractivity (Wildman–Crippen MR) is 46.7 cm³/mol. The minimum Gasteiger partial charge on any atom is -0.116 e. The maximum Gasteiger partial charge on any atom is 0.0718 e. The topological polar surface area (TPSA) is 0 Å². The van der Waals surface area contributed by atoms with E-state index in [1.807, 2.05) is 36.5 Å². The summed E-state index contributed by atoms with van der Waals surface area (Å²) < 4.78 is 0. The second kappa shape index (κ2) is 3.85. The minimum atomic E-state index is -0.0946. The third-order valence-electron chi connectivity index (χ3n) is 1.23. The molecule has 0 spiro atoms. The number of alkyl halides is 2. The molecule has 0 unspecified atom stereocenters. The summed E-state index contributed by atoms with van der Waals surface area (Å²) in [5.74, 6) is 0. The van der Waals surface area contributed by atoms with Gasteiger partial charge in [-0.25, -0.2) is 0 Å². The lowest BCUT2D eigenvalue weighted by Crippen LogP contribution is -2.08. The van der Waals surface area contributed by atoms with E-state index in [0.717, 1.165) is 0 Å². The number of hydrogen-bond donors (Lipinski definition) is 0. The molecule has 54 valence electrons. The molecule has 1 aliphatic rings. The van der Waals surface area contributed by atoms with E-state index in [1.165, 1.54) is 0 Å². The van der Waals surface area contributed by atoms with Crippen LogP contribution in [0.2, 0.25) is 0 Å². The van der Waals surface area contributed by atoms with Gasteiger partial charge in [0.25, 0.3) is 0 Å². The van der Waals surface area contributed by atoms with Gasteiger partial charge >= 0.3 is 0 Å². The van der Waals surface area contributed by atoms with Crippen molar-refractivity contribution in [3.63, 3.8) is 0 Å². The normalized spacial score (nSPS) is 38.2. The van der Waals surface area contributed by atoms with Gasteiger partial charge in [0.2, 0.25) is 0 Å². The van der Waals surface area contributed by atoms with Crippen LogP contribution in [0.4, 0.5) is 0 Å². The lowest BCUT2D eigenvalue weighted by Gasteiger charge is -2.07. The van der Waals surface area contributed by atoms with E-state index in [0.29, 0.717) is 0 Å². The van der Waals surface area contributed by atoms with Crippen LogP contribution in [0.25, 0.3) is 0 Å². The third kappa shape index (κ3) is 2.20. The van der Waals surface area contributed by atoms with Gasteiger partial charge in [-0.3, -0.25) is 0 Å². The summed E-state index contributed by atoms with van der Waals surface area (Å²) in [5, 5.41) is -0.189. The maximum atomic E-state index is 5.84. The van der Waals surface area contributed by atoms with E-state index >= 15 is 0 Å². The molecule has 0 aromatic heterocycles. The zero-order valence-corrected chi connectivity index (χ0v) is 6.89. The third-order valence-corrected chi connectivity index (χ3v) is 2.19. The van der Waals surface area contributed by atoms with Crippen LogP contribution in [0.1, 0.15) is 0 Å². The van der Waals surface area contributed by atoms with Crippen LogP contribution in [-0.4, -0.2) is 10.8 Å². The molecule has 0 heterocycles. The Kier molecular flexibility index (Phi) is 3.04. The fourth-order valence-corrected chi connectivity index (χ4v) is 1.02. The average Bonchev–Trinajstić information content (AvgIpc) is 1.92. The van der Waals surface area contributed by atoms with Crippen LogP contribution in [0.5, 0.6) is 0 Å². The first-order chi connectivity index (χ1) is 4.80. The number of rotatable bonds is 0. The largest absolute Gasteiger partial charge is 0.116 e. The molecule has 0 saturated heterocycles. The molecule has 2 atom stereocenters. The summed E-state index contributed by atoms with van der Waals surface area (Å²) in [6.07, 6.45) is 11.4. The van der Waals surface area contributed by atoms with Gasteiger partial charge in [0.1, 0.15) is 0 Å². The first-order valence-electron chi connectivity index (χ1n) is 3.10. The van der Waals surface area contributed by atoms with Gasteiger partial charge in [-0.15, -0.1) is 23.2 Å². The van der Waals surface area contributed by atoms with E-state index in [-0.39, 0.29) is 10.8 Å². The van der Waals surface area contributed by atoms with E-state index in [4.69, 9.17) is 23.2 Å². The van der Waals surface area contributed by atoms with Crippen molar-refractivity contribution in [2.75, 3.05) is 0 Å². The molecule has 1 rings (SSSR count). The van der Waals surface area contributed by atoms with Crippen LogP contribution in [0, 0.1) is 0 Å². The van der Waals surface area contributed by atoms with Crippen molar-refractivity contribution in [1.82, 2.24) is 0 Å². The Balaban J connectivity index is 2.71. The first-order valence-corrected chi connectivity index (χ1v) is 3.98.